The van der Waals surface area contributed by atoms with Crippen molar-refractivity contribution in [2.75, 3.05) is 6.54 Å². The van der Waals surface area contributed by atoms with Crippen LogP contribution in [0.5, 0.6) is 5.75 Å². The maximum absolute atomic E-state index is 9.55. The SMILES string of the molecule is CC.Cc1ccc(O)c2c1CNCC2. The van der Waals surface area contributed by atoms with Gasteiger partial charge in [0.05, 0.1) is 0 Å². The minimum absolute atomic E-state index is 0.456. The van der Waals surface area contributed by atoms with Crippen LogP contribution in [-0.2, 0) is 13.0 Å². The van der Waals surface area contributed by atoms with Gasteiger partial charge in [-0.25, -0.2) is 0 Å². The topological polar surface area (TPSA) is 32.3 Å². The van der Waals surface area contributed by atoms with Crippen molar-refractivity contribution >= 4 is 0 Å². The number of benzene rings is 1. The number of aromatic hydroxyl groups is 1. The zero-order chi connectivity index (χ0) is 10.6. The summed E-state index contributed by atoms with van der Waals surface area (Å²) < 4.78 is 0. The highest BCUT2D eigenvalue weighted by atomic mass is 16.3. The normalized spacial score (nSPS) is 13.9. The molecule has 2 N–H and O–H groups in total. The Kier molecular flexibility index (Phi) is 3.96. The summed E-state index contributed by atoms with van der Waals surface area (Å²) in [5.74, 6) is 0.456. The van der Waals surface area contributed by atoms with Gasteiger partial charge in [-0.05, 0) is 42.6 Å². The van der Waals surface area contributed by atoms with Crippen molar-refractivity contribution in [2.45, 2.75) is 33.7 Å². The smallest absolute Gasteiger partial charge is 0.119 e. The average Bonchev–Trinajstić information content (AvgIpc) is 2.27. The Morgan fingerprint density at radius 1 is 1.21 bits per heavy atom. The molecule has 0 unspecified atom stereocenters. The Bertz CT molecular complexity index is 276. The molecule has 2 nitrogen and oxygen atoms in total. The highest BCUT2D eigenvalue weighted by molar-refractivity contribution is 5.45. The first-order chi connectivity index (χ1) is 6.79. The van der Waals surface area contributed by atoms with E-state index in [1.54, 1.807) is 6.07 Å². The van der Waals surface area contributed by atoms with E-state index in [-0.39, 0.29) is 0 Å². The molecule has 1 aromatic rings. The number of hydrogen-bond acceptors (Lipinski definition) is 2. The molecule has 2 heteroatoms. The van der Waals surface area contributed by atoms with Crippen LogP contribution in [0, 0.1) is 6.92 Å². The maximum Gasteiger partial charge on any atom is 0.119 e. The number of aryl methyl sites for hydroxylation is 1. The molecule has 0 amide bonds. The Morgan fingerprint density at radius 3 is 2.57 bits per heavy atom. The van der Waals surface area contributed by atoms with E-state index in [2.05, 4.69) is 12.2 Å². The van der Waals surface area contributed by atoms with Crippen LogP contribution in [0.1, 0.15) is 30.5 Å². The van der Waals surface area contributed by atoms with Gasteiger partial charge in [-0.2, -0.15) is 0 Å². The fourth-order valence-electron chi connectivity index (χ4n) is 1.75. The van der Waals surface area contributed by atoms with Gasteiger partial charge >= 0.3 is 0 Å². The van der Waals surface area contributed by atoms with Crippen molar-refractivity contribution < 1.29 is 5.11 Å². The summed E-state index contributed by atoms with van der Waals surface area (Å²) in [5, 5.41) is 12.9. The highest BCUT2D eigenvalue weighted by Crippen LogP contribution is 2.26. The molecule has 0 spiro atoms. The van der Waals surface area contributed by atoms with E-state index < -0.39 is 0 Å². The fraction of sp³-hybridized carbons (Fsp3) is 0.500. The largest absolute Gasteiger partial charge is 0.508 e. The van der Waals surface area contributed by atoms with Crippen LogP contribution in [0.15, 0.2) is 12.1 Å². The number of phenolic OH excluding ortho intramolecular Hbond substituents is 1. The minimum atomic E-state index is 0.456. The monoisotopic (exact) mass is 193 g/mol. The average molecular weight is 193 g/mol. The van der Waals surface area contributed by atoms with E-state index in [0.29, 0.717) is 5.75 Å². The second-order valence-electron chi connectivity index (χ2n) is 3.29. The van der Waals surface area contributed by atoms with E-state index in [1.807, 2.05) is 19.9 Å². The predicted octanol–water partition coefficient (Wildman–Crippen LogP) is 2.37. The van der Waals surface area contributed by atoms with Crippen molar-refractivity contribution in [1.82, 2.24) is 5.32 Å². The summed E-state index contributed by atoms with van der Waals surface area (Å²) in [7, 11) is 0. The number of rotatable bonds is 0. The summed E-state index contributed by atoms with van der Waals surface area (Å²) in [6.07, 6.45) is 0.947. The summed E-state index contributed by atoms with van der Waals surface area (Å²) in [6.45, 7) is 7.96. The Labute approximate surface area is 86.0 Å². The Balaban J connectivity index is 0.000000461. The molecule has 14 heavy (non-hydrogen) atoms. The lowest BCUT2D eigenvalue weighted by Gasteiger charge is -2.19. The molecular formula is C12H19NO. The Hall–Kier alpha value is -1.02. The fourth-order valence-corrected chi connectivity index (χ4v) is 1.75. The Morgan fingerprint density at radius 2 is 1.93 bits per heavy atom. The quantitative estimate of drug-likeness (QED) is 0.663. The third kappa shape index (κ3) is 2.07. The van der Waals surface area contributed by atoms with Gasteiger partial charge in [-0.1, -0.05) is 19.9 Å². The van der Waals surface area contributed by atoms with Crippen LogP contribution < -0.4 is 5.32 Å². The number of hydrogen-bond donors (Lipinski definition) is 2. The molecule has 2 rings (SSSR count). The number of nitrogens with one attached hydrogen (secondary N) is 1. The van der Waals surface area contributed by atoms with Crippen LogP contribution in [0.3, 0.4) is 0 Å². The second-order valence-corrected chi connectivity index (χ2v) is 3.29. The van der Waals surface area contributed by atoms with Crippen LogP contribution in [-0.4, -0.2) is 11.7 Å². The molecule has 1 heterocycles. The van der Waals surface area contributed by atoms with Crippen molar-refractivity contribution in [3.63, 3.8) is 0 Å². The molecule has 1 aliphatic heterocycles. The zero-order valence-electron chi connectivity index (χ0n) is 9.22. The van der Waals surface area contributed by atoms with Gasteiger partial charge < -0.3 is 10.4 Å². The molecule has 0 fully saturated rings. The first-order valence-corrected chi connectivity index (χ1v) is 5.30. The summed E-state index contributed by atoms with van der Waals surface area (Å²) in [4.78, 5) is 0. The van der Waals surface area contributed by atoms with Crippen molar-refractivity contribution in [1.29, 1.82) is 0 Å². The lowest BCUT2D eigenvalue weighted by atomic mass is 9.96. The van der Waals surface area contributed by atoms with E-state index >= 15 is 0 Å². The van der Waals surface area contributed by atoms with Gasteiger partial charge in [0, 0.05) is 6.54 Å². The summed E-state index contributed by atoms with van der Waals surface area (Å²) in [5.41, 5.74) is 3.69. The highest BCUT2D eigenvalue weighted by Gasteiger charge is 2.13. The van der Waals surface area contributed by atoms with Crippen LogP contribution in [0.25, 0.3) is 0 Å². The van der Waals surface area contributed by atoms with Crippen LogP contribution in [0.4, 0.5) is 0 Å². The molecule has 0 saturated carbocycles. The van der Waals surface area contributed by atoms with Gasteiger partial charge in [-0.15, -0.1) is 0 Å². The lowest BCUT2D eigenvalue weighted by molar-refractivity contribution is 0.460. The molecule has 1 aromatic carbocycles. The summed E-state index contributed by atoms with van der Waals surface area (Å²) >= 11 is 0. The molecule has 78 valence electrons. The van der Waals surface area contributed by atoms with Crippen molar-refractivity contribution in [3.05, 3.63) is 28.8 Å². The minimum Gasteiger partial charge on any atom is -0.508 e. The zero-order valence-corrected chi connectivity index (χ0v) is 9.22. The first-order valence-electron chi connectivity index (χ1n) is 5.30. The van der Waals surface area contributed by atoms with Gasteiger partial charge in [0.25, 0.3) is 0 Å². The molecule has 0 aromatic heterocycles. The number of phenols is 1. The van der Waals surface area contributed by atoms with Gasteiger partial charge in [-0.3, -0.25) is 0 Å². The van der Waals surface area contributed by atoms with Gasteiger partial charge in [0.15, 0.2) is 0 Å². The first kappa shape index (κ1) is 11.1. The van der Waals surface area contributed by atoms with Crippen molar-refractivity contribution in [3.8, 4) is 5.75 Å². The van der Waals surface area contributed by atoms with Gasteiger partial charge in [0.2, 0.25) is 0 Å². The second kappa shape index (κ2) is 5.01. The van der Waals surface area contributed by atoms with E-state index in [1.165, 1.54) is 11.1 Å². The molecule has 0 atom stereocenters. The third-order valence-corrected chi connectivity index (χ3v) is 2.49. The molecular weight excluding hydrogens is 174 g/mol. The number of fused-ring (bicyclic) bond motifs is 1. The van der Waals surface area contributed by atoms with Gasteiger partial charge in [0.1, 0.15) is 5.75 Å². The lowest BCUT2D eigenvalue weighted by Crippen LogP contribution is -2.24. The predicted molar refractivity (Wildman–Crippen MR) is 59.6 cm³/mol. The molecule has 1 aliphatic rings. The van der Waals surface area contributed by atoms with E-state index in [4.69, 9.17) is 0 Å². The van der Waals surface area contributed by atoms with Crippen LogP contribution >= 0.6 is 0 Å². The third-order valence-electron chi connectivity index (χ3n) is 2.49. The molecule has 0 bridgehead atoms. The summed E-state index contributed by atoms with van der Waals surface area (Å²) in [6, 6.07) is 3.76. The van der Waals surface area contributed by atoms with Crippen LogP contribution in [0.2, 0.25) is 0 Å². The molecule has 0 radical (unpaired) electrons. The molecule has 0 aliphatic carbocycles. The maximum atomic E-state index is 9.55. The van der Waals surface area contributed by atoms with Crippen molar-refractivity contribution in [2.24, 2.45) is 0 Å². The van der Waals surface area contributed by atoms with E-state index in [9.17, 15) is 5.11 Å². The van der Waals surface area contributed by atoms with E-state index in [0.717, 1.165) is 25.1 Å². The standard InChI is InChI=1S/C10H13NO.C2H6/c1-7-2-3-10(12)8-4-5-11-6-9(7)8;1-2/h2-3,11-12H,4-6H2,1H3;1-2H3. The molecule has 0 saturated heterocycles.